The van der Waals surface area contributed by atoms with Gasteiger partial charge in [0.05, 0.1) is 30.4 Å². The number of ether oxygens (including phenoxy) is 2. The maximum Gasteiger partial charge on any atom is 0.341 e. The normalized spacial score (nSPS) is 13.5. The zero-order valence-electron chi connectivity index (χ0n) is 16.7. The molecular weight excluding hydrogens is 392 g/mol. The van der Waals surface area contributed by atoms with E-state index in [4.69, 9.17) is 9.47 Å². The van der Waals surface area contributed by atoms with Gasteiger partial charge in [0.25, 0.3) is 5.91 Å². The van der Waals surface area contributed by atoms with Crippen molar-refractivity contribution in [3.05, 3.63) is 51.4 Å². The summed E-state index contributed by atoms with van der Waals surface area (Å²) < 4.78 is 10.0. The maximum absolute atomic E-state index is 12.9. The van der Waals surface area contributed by atoms with Gasteiger partial charge in [-0.2, -0.15) is 0 Å². The van der Waals surface area contributed by atoms with Crippen molar-refractivity contribution in [2.24, 2.45) is 0 Å². The summed E-state index contributed by atoms with van der Waals surface area (Å²) in [6.07, 6.45) is 0.725. The first-order valence-electron chi connectivity index (χ1n) is 9.52. The van der Waals surface area contributed by atoms with Crippen LogP contribution < -0.4 is 5.32 Å². The lowest BCUT2D eigenvalue weighted by Crippen LogP contribution is -2.30. The molecule has 7 nitrogen and oxygen atoms in total. The van der Waals surface area contributed by atoms with Crippen LogP contribution in [0.25, 0.3) is 0 Å². The lowest BCUT2D eigenvalue weighted by molar-refractivity contribution is 0.0525. The fraction of sp³-hybridized carbons (Fsp3) is 0.381. The third-order valence-electron chi connectivity index (χ3n) is 4.87. The van der Waals surface area contributed by atoms with E-state index < -0.39 is 17.8 Å². The summed E-state index contributed by atoms with van der Waals surface area (Å²) in [6, 6.07) is 6.42. The molecule has 1 N–H and O–H groups in total. The van der Waals surface area contributed by atoms with Crippen LogP contribution in [-0.4, -0.2) is 49.6 Å². The van der Waals surface area contributed by atoms with Crippen LogP contribution in [0.15, 0.2) is 24.3 Å². The fourth-order valence-electron chi connectivity index (χ4n) is 3.37. The maximum atomic E-state index is 12.9. The topological polar surface area (TPSA) is 84.9 Å². The minimum atomic E-state index is -0.592. The van der Waals surface area contributed by atoms with Crippen molar-refractivity contribution in [3.8, 4) is 0 Å². The number of fused-ring (bicyclic) bond motifs is 1. The van der Waals surface area contributed by atoms with Crippen molar-refractivity contribution in [1.82, 2.24) is 4.90 Å². The molecule has 0 fully saturated rings. The van der Waals surface area contributed by atoms with Crippen LogP contribution in [0.5, 0.6) is 0 Å². The molecule has 1 aromatic carbocycles. The van der Waals surface area contributed by atoms with E-state index in [0.717, 1.165) is 36.5 Å². The molecule has 1 aliphatic heterocycles. The number of nitrogens with one attached hydrogen (secondary N) is 1. The number of thiophene rings is 1. The highest BCUT2D eigenvalue weighted by atomic mass is 32.1. The lowest BCUT2D eigenvalue weighted by Gasteiger charge is -2.25. The summed E-state index contributed by atoms with van der Waals surface area (Å²) in [7, 11) is 1.27. The van der Waals surface area contributed by atoms with E-state index in [2.05, 4.69) is 17.1 Å². The summed E-state index contributed by atoms with van der Waals surface area (Å²) in [5.74, 6) is -1.50. The van der Waals surface area contributed by atoms with E-state index in [1.54, 1.807) is 25.1 Å². The third-order valence-corrected chi connectivity index (χ3v) is 6.00. The molecule has 1 aliphatic rings. The molecule has 8 heteroatoms. The van der Waals surface area contributed by atoms with E-state index in [1.807, 2.05) is 0 Å². The summed E-state index contributed by atoms with van der Waals surface area (Å²) >= 11 is 1.39. The molecule has 0 radical (unpaired) electrons. The van der Waals surface area contributed by atoms with E-state index in [0.29, 0.717) is 10.6 Å². The summed E-state index contributed by atoms with van der Waals surface area (Å²) in [5.41, 5.74) is 1.72. The Hall–Kier alpha value is -2.71. The van der Waals surface area contributed by atoms with Crippen LogP contribution in [0, 0.1) is 0 Å². The number of esters is 2. The number of methoxy groups -OCH3 is 1. The van der Waals surface area contributed by atoms with Crippen molar-refractivity contribution < 1.29 is 23.9 Å². The minimum absolute atomic E-state index is 0.170. The van der Waals surface area contributed by atoms with Crippen molar-refractivity contribution in [3.63, 3.8) is 0 Å². The number of nitrogens with zero attached hydrogens (tertiary/aromatic N) is 1. The van der Waals surface area contributed by atoms with Gasteiger partial charge in [-0.1, -0.05) is 19.1 Å². The van der Waals surface area contributed by atoms with Crippen LogP contribution in [0.4, 0.5) is 5.00 Å². The molecule has 0 bridgehead atoms. The molecule has 0 spiro atoms. The predicted molar refractivity (Wildman–Crippen MR) is 111 cm³/mol. The number of benzene rings is 1. The SMILES string of the molecule is CCOC(=O)c1c(NC(=O)c2ccccc2C(=O)OC)sc2c1CCN(CC)C2. The van der Waals surface area contributed by atoms with Gasteiger partial charge in [-0.3, -0.25) is 9.69 Å². The van der Waals surface area contributed by atoms with Crippen LogP contribution in [0.2, 0.25) is 0 Å². The fourth-order valence-corrected chi connectivity index (χ4v) is 4.65. The molecule has 0 saturated carbocycles. The Morgan fingerprint density at radius 2 is 1.86 bits per heavy atom. The number of hydrogen-bond donors (Lipinski definition) is 1. The van der Waals surface area contributed by atoms with E-state index in [9.17, 15) is 14.4 Å². The molecule has 0 aliphatic carbocycles. The second-order valence-electron chi connectivity index (χ2n) is 6.54. The second-order valence-corrected chi connectivity index (χ2v) is 7.64. The lowest BCUT2D eigenvalue weighted by atomic mass is 10.0. The second kappa shape index (κ2) is 9.19. The van der Waals surface area contributed by atoms with Crippen molar-refractivity contribution in [2.45, 2.75) is 26.8 Å². The molecule has 1 aromatic heterocycles. The van der Waals surface area contributed by atoms with Crippen LogP contribution >= 0.6 is 11.3 Å². The largest absolute Gasteiger partial charge is 0.465 e. The average molecular weight is 416 g/mol. The molecule has 3 rings (SSSR count). The van der Waals surface area contributed by atoms with Crippen LogP contribution in [-0.2, 0) is 22.4 Å². The van der Waals surface area contributed by atoms with Gasteiger partial charge in [0.2, 0.25) is 0 Å². The summed E-state index contributed by atoms with van der Waals surface area (Å²) in [5, 5.41) is 3.28. The smallest absolute Gasteiger partial charge is 0.341 e. The Balaban J connectivity index is 1.97. The highest BCUT2D eigenvalue weighted by Crippen LogP contribution is 2.38. The first kappa shape index (κ1) is 21.0. The standard InChI is InChI=1S/C21H24N2O5S/c1-4-23-11-10-15-16(12-23)29-19(17(15)21(26)28-5-2)22-18(24)13-8-6-7-9-14(13)20(25)27-3/h6-9H,4-5,10-12H2,1-3H3,(H,22,24). The summed E-state index contributed by atoms with van der Waals surface area (Å²) in [6.45, 7) is 6.60. The Labute approximate surface area is 173 Å². The van der Waals surface area contributed by atoms with Crippen molar-refractivity contribution in [2.75, 3.05) is 32.1 Å². The van der Waals surface area contributed by atoms with Gasteiger partial charge >= 0.3 is 11.9 Å². The quantitative estimate of drug-likeness (QED) is 0.727. The zero-order valence-corrected chi connectivity index (χ0v) is 17.6. The third kappa shape index (κ3) is 4.33. The Kier molecular flexibility index (Phi) is 6.66. The van der Waals surface area contributed by atoms with Crippen molar-refractivity contribution >= 4 is 34.2 Å². The number of anilines is 1. The molecule has 29 heavy (non-hydrogen) atoms. The van der Waals surface area contributed by atoms with E-state index >= 15 is 0 Å². The average Bonchev–Trinajstić information content (AvgIpc) is 3.10. The molecule has 1 amide bonds. The van der Waals surface area contributed by atoms with Crippen LogP contribution in [0.1, 0.15) is 55.4 Å². The number of carbonyl (C=O) groups excluding carboxylic acids is 3. The number of hydrogen-bond acceptors (Lipinski definition) is 7. The molecule has 154 valence electrons. The number of rotatable bonds is 6. The first-order chi connectivity index (χ1) is 14.0. The number of amides is 1. The highest BCUT2D eigenvalue weighted by molar-refractivity contribution is 7.17. The number of carbonyl (C=O) groups is 3. The Morgan fingerprint density at radius 1 is 1.14 bits per heavy atom. The van der Waals surface area contributed by atoms with Crippen molar-refractivity contribution in [1.29, 1.82) is 0 Å². The van der Waals surface area contributed by atoms with Gasteiger partial charge in [-0.15, -0.1) is 11.3 Å². The minimum Gasteiger partial charge on any atom is -0.465 e. The monoisotopic (exact) mass is 416 g/mol. The van der Waals surface area contributed by atoms with Gasteiger partial charge in [0.1, 0.15) is 5.00 Å². The molecular formula is C21H24N2O5S. The van der Waals surface area contributed by atoms with Gasteiger partial charge in [-0.05, 0) is 37.6 Å². The van der Waals surface area contributed by atoms with Gasteiger partial charge in [-0.25, -0.2) is 9.59 Å². The van der Waals surface area contributed by atoms with Gasteiger partial charge in [0, 0.05) is 18.0 Å². The van der Waals surface area contributed by atoms with Gasteiger partial charge in [0.15, 0.2) is 0 Å². The zero-order chi connectivity index (χ0) is 21.0. The Morgan fingerprint density at radius 3 is 2.52 bits per heavy atom. The Bertz CT molecular complexity index is 937. The van der Waals surface area contributed by atoms with Crippen LogP contribution in [0.3, 0.4) is 0 Å². The molecule has 0 atom stereocenters. The molecule has 2 aromatic rings. The molecule has 2 heterocycles. The van der Waals surface area contributed by atoms with E-state index in [-0.39, 0.29) is 17.7 Å². The molecule has 0 unspecified atom stereocenters. The van der Waals surface area contributed by atoms with E-state index in [1.165, 1.54) is 24.5 Å². The van der Waals surface area contributed by atoms with Gasteiger partial charge < -0.3 is 14.8 Å². The first-order valence-corrected chi connectivity index (χ1v) is 10.3. The highest BCUT2D eigenvalue weighted by Gasteiger charge is 2.30. The molecule has 0 saturated heterocycles. The number of likely N-dealkylation sites (N-methyl/N-ethyl adjacent to an activating group) is 1. The summed E-state index contributed by atoms with van der Waals surface area (Å²) in [4.78, 5) is 40.9. The predicted octanol–water partition coefficient (Wildman–Crippen LogP) is 3.34.